The molecule has 0 spiro atoms. The minimum absolute atomic E-state index is 0.843. The lowest BCUT2D eigenvalue weighted by Crippen LogP contribution is -1.97. The first kappa shape index (κ1) is 14.5. The predicted octanol–water partition coefficient (Wildman–Crippen LogP) is 4.86. The van der Waals surface area contributed by atoms with E-state index in [0.717, 1.165) is 40.6 Å². The summed E-state index contributed by atoms with van der Waals surface area (Å²) >= 11 is 0. The lowest BCUT2D eigenvalue weighted by Gasteiger charge is -2.11. The van der Waals surface area contributed by atoms with Crippen LogP contribution in [-0.4, -0.2) is 9.97 Å². The lowest BCUT2D eigenvalue weighted by atomic mass is 10.0. The summed E-state index contributed by atoms with van der Waals surface area (Å²) in [6, 6.07) is 8.63. The van der Waals surface area contributed by atoms with E-state index in [-0.39, 0.29) is 0 Å². The van der Waals surface area contributed by atoms with E-state index in [1.54, 1.807) is 0 Å². The number of nitrogens with zero attached hydrogens (tertiary/aromatic N) is 2. The number of hydrogen-bond donors (Lipinski definition) is 0. The van der Waals surface area contributed by atoms with Crippen molar-refractivity contribution in [2.45, 2.75) is 26.7 Å². The summed E-state index contributed by atoms with van der Waals surface area (Å²) in [5.41, 5.74) is 6.52. The number of rotatable bonds is 4. The van der Waals surface area contributed by atoms with E-state index in [1.807, 2.05) is 19.1 Å². The van der Waals surface area contributed by atoms with Crippen LogP contribution in [-0.2, 0) is 12.8 Å². The highest BCUT2D eigenvalue weighted by atomic mass is 14.8. The second-order valence-corrected chi connectivity index (χ2v) is 5.67. The van der Waals surface area contributed by atoms with Crippen molar-refractivity contribution < 1.29 is 0 Å². The summed E-state index contributed by atoms with van der Waals surface area (Å²) in [4.78, 5) is 9.58. The van der Waals surface area contributed by atoms with Crippen LogP contribution in [0, 0.1) is 13.8 Å². The molecule has 2 nitrogen and oxygen atoms in total. The first-order valence-corrected chi connectivity index (χ1v) is 7.55. The van der Waals surface area contributed by atoms with Gasteiger partial charge in [-0.2, -0.15) is 0 Å². The van der Waals surface area contributed by atoms with Gasteiger partial charge in [0.1, 0.15) is 0 Å². The van der Waals surface area contributed by atoms with Crippen molar-refractivity contribution >= 4 is 21.8 Å². The van der Waals surface area contributed by atoms with Crippen molar-refractivity contribution in [1.82, 2.24) is 9.97 Å². The van der Waals surface area contributed by atoms with Crippen LogP contribution in [0.3, 0.4) is 0 Å². The topological polar surface area (TPSA) is 25.8 Å². The molecule has 0 fully saturated rings. The highest BCUT2D eigenvalue weighted by molar-refractivity contribution is 6.04. The number of aromatic nitrogens is 2. The molecule has 3 rings (SSSR count). The van der Waals surface area contributed by atoms with Crippen molar-refractivity contribution in [3.63, 3.8) is 0 Å². The van der Waals surface area contributed by atoms with E-state index in [4.69, 9.17) is 9.97 Å². The van der Waals surface area contributed by atoms with Crippen LogP contribution < -0.4 is 0 Å². The van der Waals surface area contributed by atoms with Crippen LogP contribution in [0.4, 0.5) is 0 Å². The second-order valence-electron chi connectivity index (χ2n) is 5.67. The third-order valence-electron chi connectivity index (χ3n) is 4.00. The van der Waals surface area contributed by atoms with Crippen molar-refractivity contribution in [1.29, 1.82) is 0 Å². The maximum atomic E-state index is 4.83. The minimum Gasteiger partial charge on any atom is -0.251 e. The zero-order valence-corrected chi connectivity index (χ0v) is 13.2. The SMILES string of the molecule is C=CCc1cc2ccc3c(CC=C)cc(C)nc3c2nc1C. The number of fused-ring (bicyclic) bond motifs is 3. The smallest absolute Gasteiger partial charge is 0.0970 e. The molecule has 0 unspecified atom stereocenters. The first-order chi connectivity index (χ1) is 10.6. The molecule has 1 aromatic carbocycles. The maximum absolute atomic E-state index is 4.83. The average molecular weight is 288 g/mol. The summed E-state index contributed by atoms with van der Waals surface area (Å²) < 4.78 is 0. The lowest BCUT2D eigenvalue weighted by molar-refractivity contribution is 1.13. The molecule has 0 bridgehead atoms. The van der Waals surface area contributed by atoms with Crippen LogP contribution in [0.2, 0.25) is 0 Å². The molecule has 0 aliphatic heterocycles. The van der Waals surface area contributed by atoms with Gasteiger partial charge in [-0.15, -0.1) is 13.2 Å². The van der Waals surface area contributed by atoms with Crippen LogP contribution in [0.5, 0.6) is 0 Å². The molecule has 110 valence electrons. The van der Waals surface area contributed by atoms with Crippen LogP contribution >= 0.6 is 0 Å². The highest BCUT2D eigenvalue weighted by Crippen LogP contribution is 2.27. The molecule has 0 N–H and O–H groups in total. The van der Waals surface area contributed by atoms with E-state index >= 15 is 0 Å². The van der Waals surface area contributed by atoms with E-state index in [9.17, 15) is 0 Å². The number of aryl methyl sites for hydroxylation is 2. The Kier molecular flexibility index (Phi) is 3.76. The standard InChI is InChI=1S/C20H20N2/c1-5-7-15-12-17-9-10-18-16(8-6-2)11-13(3)21-20(18)19(17)22-14(15)4/h5-6,9-12H,1-2,7-8H2,3-4H3. The molecule has 2 heterocycles. The van der Waals surface area contributed by atoms with Crippen molar-refractivity contribution in [3.8, 4) is 0 Å². The molecule has 0 saturated carbocycles. The van der Waals surface area contributed by atoms with E-state index in [0.29, 0.717) is 0 Å². The van der Waals surface area contributed by atoms with Crippen LogP contribution in [0.1, 0.15) is 22.5 Å². The first-order valence-electron chi connectivity index (χ1n) is 7.55. The molecule has 0 radical (unpaired) electrons. The average Bonchev–Trinajstić information content (AvgIpc) is 2.48. The van der Waals surface area contributed by atoms with E-state index in [1.165, 1.54) is 16.5 Å². The van der Waals surface area contributed by atoms with E-state index in [2.05, 4.69) is 44.3 Å². The van der Waals surface area contributed by atoms with Gasteiger partial charge in [-0.25, -0.2) is 0 Å². The fourth-order valence-electron chi connectivity index (χ4n) is 2.96. The molecule has 0 atom stereocenters. The number of allylic oxidation sites excluding steroid dienone is 2. The summed E-state index contributed by atoms with van der Waals surface area (Å²) in [5.74, 6) is 0. The molecule has 0 aliphatic carbocycles. The summed E-state index contributed by atoms with van der Waals surface area (Å²) in [5, 5.41) is 2.30. The molecular formula is C20H20N2. The molecule has 2 heteroatoms. The minimum atomic E-state index is 0.843. The molecular weight excluding hydrogens is 268 g/mol. The monoisotopic (exact) mass is 288 g/mol. The van der Waals surface area contributed by atoms with Gasteiger partial charge >= 0.3 is 0 Å². The zero-order chi connectivity index (χ0) is 15.7. The number of hydrogen-bond acceptors (Lipinski definition) is 2. The summed E-state index contributed by atoms with van der Waals surface area (Å²) in [6.45, 7) is 11.8. The van der Waals surface area contributed by atoms with Crippen molar-refractivity contribution in [2.75, 3.05) is 0 Å². The Morgan fingerprint density at radius 3 is 2.36 bits per heavy atom. The normalized spacial score (nSPS) is 11.0. The van der Waals surface area contributed by atoms with Crippen LogP contribution in [0.15, 0.2) is 49.6 Å². The zero-order valence-electron chi connectivity index (χ0n) is 13.2. The van der Waals surface area contributed by atoms with Gasteiger partial charge in [-0.3, -0.25) is 9.97 Å². The Bertz CT molecular complexity index is 891. The fourth-order valence-corrected chi connectivity index (χ4v) is 2.96. The molecule has 0 amide bonds. The predicted molar refractivity (Wildman–Crippen MR) is 94.3 cm³/mol. The van der Waals surface area contributed by atoms with Gasteiger partial charge in [-0.1, -0.05) is 24.3 Å². The summed E-state index contributed by atoms with van der Waals surface area (Å²) in [6.07, 6.45) is 5.54. The van der Waals surface area contributed by atoms with Gasteiger partial charge < -0.3 is 0 Å². The largest absolute Gasteiger partial charge is 0.251 e. The van der Waals surface area contributed by atoms with Gasteiger partial charge in [0.05, 0.1) is 11.0 Å². The third kappa shape index (κ3) is 2.41. The van der Waals surface area contributed by atoms with Gasteiger partial charge in [0.25, 0.3) is 0 Å². The third-order valence-corrected chi connectivity index (χ3v) is 4.00. The number of benzene rings is 1. The maximum Gasteiger partial charge on any atom is 0.0970 e. The molecule has 22 heavy (non-hydrogen) atoms. The quantitative estimate of drug-likeness (QED) is 0.506. The Labute approximate surface area is 131 Å². The van der Waals surface area contributed by atoms with Crippen molar-refractivity contribution in [3.05, 3.63) is 72.1 Å². The van der Waals surface area contributed by atoms with E-state index < -0.39 is 0 Å². The molecule has 0 aliphatic rings. The highest BCUT2D eigenvalue weighted by Gasteiger charge is 2.10. The van der Waals surface area contributed by atoms with Gasteiger partial charge in [0.2, 0.25) is 0 Å². The Balaban J connectivity index is 2.37. The molecule has 2 aromatic heterocycles. The molecule has 3 aromatic rings. The Morgan fingerprint density at radius 1 is 0.909 bits per heavy atom. The Hall–Kier alpha value is -2.48. The van der Waals surface area contributed by atoms with Crippen LogP contribution in [0.25, 0.3) is 21.8 Å². The van der Waals surface area contributed by atoms with Gasteiger partial charge in [-0.05, 0) is 49.9 Å². The number of pyridine rings is 2. The van der Waals surface area contributed by atoms with Crippen molar-refractivity contribution in [2.24, 2.45) is 0 Å². The van der Waals surface area contributed by atoms with Gasteiger partial charge in [0.15, 0.2) is 0 Å². The Morgan fingerprint density at radius 2 is 1.64 bits per heavy atom. The fraction of sp³-hybridized carbons (Fsp3) is 0.200. The molecule has 0 saturated heterocycles. The summed E-state index contributed by atoms with van der Waals surface area (Å²) in [7, 11) is 0. The second kappa shape index (κ2) is 5.72. The van der Waals surface area contributed by atoms with Gasteiger partial charge in [0, 0.05) is 22.2 Å².